The fourth-order valence-corrected chi connectivity index (χ4v) is 2.56. The minimum absolute atomic E-state index is 0.362. The van der Waals surface area contributed by atoms with Gasteiger partial charge in [0.2, 0.25) is 0 Å². The molecule has 0 aromatic heterocycles. The van der Waals surface area contributed by atoms with E-state index in [0.717, 1.165) is 37.9 Å². The smallest absolute Gasteiger partial charge is 0.151 e. The molecule has 88 valence electrons. The monoisotopic (exact) mass is 212 g/mol. The van der Waals surface area contributed by atoms with E-state index >= 15 is 0 Å². The van der Waals surface area contributed by atoms with Crippen molar-refractivity contribution in [1.29, 1.82) is 0 Å². The molecule has 0 saturated heterocycles. The predicted octanol–water partition coefficient (Wildman–Crippen LogP) is 3.20. The van der Waals surface area contributed by atoms with Crippen molar-refractivity contribution in [2.45, 2.75) is 59.0 Å². The first kappa shape index (κ1) is 12.7. The van der Waals surface area contributed by atoms with Crippen LogP contribution in [0.1, 0.15) is 53.4 Å². The molecule has 0 aliphatic heterocycles. The van der Waals surface area contributed by atoms with Gasteiger partial charge in [-0.1, -0.05) is 20.8 Å². The van der Waals surface area contributed by atoms with Gasteiger partial charge in [-0.05, 0) is 43.9 Å². The number of carbonyl (C=O) groups is 1. The van der Waals surface area contributed by atoms with Crippen molar-refractivity contribution in [3.05, 3.63) is 0 Å². The summed E-state index contributed by atoms with van der Waals surface area (Å²) in [4.78, 5) is 11.1. The Morgan fingerprint density at radius 2 is 1.87 bits per heavy atom. The third kappa shape index (κ3) is 3.04. The molecule has 0 bridgehead atoms. The van der Waals surface area contributed by atoms with Crippen molar-refractivity contribution in [1.82, 2.24) is 0 Å². The number of ether oxygens (including phenoxy) is 1. The Kier molecular flexibility index (Phi) is 3.93. The van der Waals surface area contributed by atoms with Crippen molar-refractivity contribution in [2.24, 2.45) is 11.3 Å². The summed E-state index contributed by atoms with van der Waals surface area (Å²) in [5.74, 6) is 0.728. The minimum atomic E-state index is -0.462. The molecular weight excluding hydrogens is 188 g/mol. The van der Waals surface area contributed by atoms with Crippen LogP contribution in [0.25, 0.3) is 0 Å². The van der Waals surface area contributed by atoms with E-state index in [1.165, 1.54) is 0 Å². The summed E-state index contributed by atoms with van der Waals surface area (Å²) in [6.45, 7) is 9.45. The standard InChI is InChI=1S/C13H24O2/c1-5-15-13(10-14)8-6-11(7-9-13)12(2,3)4/h10-11H,5-9H2,1-4H3. The number of hydrogen-bond donors (Lipinski definition) is 0. The minimum Gasteiger partial charge on any atom is -0.368 e. The number of aldehydes is 1. The van der Waals surface area contributed by atoms with Crippen LogP contribution in [-0.2, 0) is 9.53 Å². The van der Waals surface area contributed by atoms with E-state index in [-0.39, 0.29) is 0 Å². The van der Waals surface area contributed by atoms with Gasteiger partial charge in [-0.25, -0.2) is 0 Å². The maximum atomic E-state index is 11.1. The van der Waals surface area contributed by atoms with E-state index in [0.29, 0.717) is 12.0 Å². The van der Waals surface area contributed by atoms with Gasteiger partial charge in [-0.15, -0.1) is 0 Å². The van der Waals surface area contributed by atoms with E-state index in [4.69, 9.17) is 4.74 Å². The van der Waals surface area contributed by atoms with E-state index < -0.39 is 5.60 Å². The molecule has 1 saturated carbocycles. The summed E-state index contributed by atoms with van der Waals surface area (Å²) in [6, 6.07) is 0. The average Bonchev–Trinajstić information content (AvgIpc) is 2.17. The van der Waals surface area contributed by atoms with Crippen molar-refractivity contribution < 1.29 is 9.53 Å². The fourth-order valence-electron chi connectivity index (χ4n) is 2.56. The van der Waals surface area contributed by atoms with Crippen LogP contribution < -0.4 is 0 Å². The number of hydrogen-bond acceptors (Lipinski definition) is 2. The molecule has 0 amide bonds. The van der Waals surface area contributed by atoms with Crippen LogP contribution in [0.2, 0.25) is 0 Å². The summed E-state index contributed by atoms with van der Waals surface area (Å²) in [5, 5.41) is 0. The first-order valence-corrected chi connectivity index (χ1v) is 6.04. The van der Waals surface area contributed by atoms with Crippen LogP contribution in [-0.4, -0.2) is 18.5 Å². The summed E-state index contributed by atoms with van der Waals surface area (Å²) in [5.41, 5.74) is -0.0994. The highest BCUT2D eigenvalue weighted by molar-refractivity contribution is 5.62. The van der Waals surface area contributed by atoms with Crippen molar-refractivity contribution in [3.63, 3.8) is 0 Å². The van der Waals surface area contributed by atoms with Gasteiger partial charge in [0.1, 0.15) is 5.60 Å². The van der Waals surface area contributed by atoms with Gasteiger partial charge in [0, 0.05) is 6.61 Å². The Balaban J connectivity index is 2.57. The van der Waals surface area contributed by atoms with Gasteiger partial charge in [0.15, 0.2) is 6.29 Å². The van der Waals surface area contributed by atoms with E-state index in [1.54, 1.807) is 0 Å². The van der Waals surface area contributed by atoms with Crippen LogP contribution in [0.3, 0.4) is 0 Å². The van der Waals surface area contributed by atoms with Gasteiger partial charge in [-0.3, -0.25) is 0 Å². The molecule has 2 heteroatoms. The highest BCUT2D eigenvalue weighted by Crippen LogP contribution is 2.42. The molecule has 0 spiro atoms. The van der Waals surface area contributed by atoms with Gasteiger partial charge in [0.25, 0.3) is 0 Å². The first-order valence-electron chi connectivity index (χ1n) is 6.04. The molecule has 1 rings (SSSR count). The number of carbonyl (C=O) groups excluding carboxylic acids is 1. The highest BCUT2D eigenvalue weighted by Gasteiger charge is 2.39. The molecule has 0 radical (unpaired) electrons. The van der Waals surface area contributed by atoms with Crippen LogP contribution in [0.4, 0.5) is 0 Å². The lowest BCUT2D eigenvalue weighted by atomic mass is 9.68. The molecule has 0 aromatic carbocycles. The lowest BCUT2D eigenvalue weighted by molar-refractivity contribution is -0.138. The van der Waals surface area contributed by atoms with Crippen molar-refractivity contribution >= 4 is 6.29 Å². The topological polar surface area (TPSA) is 26.3 Å². The quantitative estimate of drug-likeness (QED) is 0.671. The second-order valence-corrected chi connectivity index (χ2v) is 5.76. The van der Waals surface area contributed by atoms with Crippen molar-refractivity contribution in [2.75, 3.05) is 6.61 Å². The molecule has 0 N–H and O–H groups in total. The second-order valence-electron chi connectivity index (χ2n) is 5.76. The zero-order chi connectivity index (χ0) is 11.5. The molecule has 1 aliphatic rings. The Hall–Kier alpha value is -0.370. The summed E-state index contributed by atoms with van der Waals surface area (Å²) in [7, 11) is 0. The molecule has 1 fully saturated rings. The Morgan fingerprint density at radius 3 is 2.20 bits per heavy atom. The molecule has 0 atom stereocenters. The molecule has 15 heavy (non-hydrogen) atoms. The van der Waals surface area contributed by atoms with Crippen LogP contribution in [0.15, 0.2) is 0 Å². The summed E-state index contributed by atoms with van der Waals surface area (Å²) < 4.78 is 5.61. The molecule has 0 unspecified atom stereocenters. The largest absolute Gasteiger partial charge is 0.368 e. The third-order valence-electron chi connectivity index (χ3n) is 3.70. The maximum absolute atomic E-state index is 11.1. The second kappa shape index (κ2) is 4.65. The Labute approximate surface area is 93.4 Å². The average molecular weight is 212 g/mol. The fraction of sp³-hybridized carbons (Fsp3) is 0.923. The van der Waals surface area contributed by atoms with Crippen molar-refractivity contribution in [3.8, 4) is 0 Å². The van der Waals surface area contributed by atoms with Gasteiger partial charge >= 0.3 is 0 Å². The number of rotatable bonds is 3. The normalized spacial score (nSPS) is 32.7. The molecule has 0 heterocycles. The van der Waals surface area contributed by atoms with Gasteiger partial charge in [-0.2, -0.15) is 0 Å². The highest BCUT2D eigenvalue weighted by atomic mass is 16.5. The zero-order valence-corrected chi connectivity index (χ0v) is 10.5. The van der Waals surface area contributed by atoms with Crippen LogP contribution in [0.5, 0.6) is 0 Å². The van der Waals surface area contributed by atoms with Gasteiger partial charge < -0.3 is 9.53 Å². The lowest BCUT2D eigenvalue weighted by Crippen LogP contribution is -2.41. The Morgan fingerprint density at radius 1 is 1.33 bits per heavy atom. The van der Waals surface area contributed by atoms with E-state index in [9.17, 15) is 4.79 Å². The maximum Gasteiger partial charge on any atom is 0.151 e. The zero-order valence-electron chi connectivity index (χ0n) is 10.5. The molecular formula is C13H24O2. The van der Waals surface area contributed by atoms with E-state index in [1.807, 2.05) is 6.92 Å². The van der Waals surface area contributed by atoms with Crippen LogP contribution in [0, 0.1) is 11.3 Å². The predicted molar refractivity (Wildman–Crippen MR) is 61.8 cm³/mol. The molecule has 1 aliphatic carbocycles. The summed E-state index contributed by atoms with van der Waals surface area (Å²) >= 11 is 0. The van der Waals surface area contributed by atoms with E-state index in [2.05, 4.69) is 20.8 Å². The Bertz CT molecular complexity index is 207. The lowest BCUT2D eigenvalue weighted by Gasteiger charge is -2.41. The van der Waals surface area contributed by atoms with Crippen LogP contribution >= 0.6 is 0 Å². The van der Waals surface area contributed by atoms with Gasteiger partial charge in [0.05, 0.1) is 0 Å². The molecule has 2 nitrogen and oxygen atoms in total. The summed E-state index contributed by atoms with van der Waals surface area (Å²) in [6.07, 6.45) is 5.04. The SMILES string of the molecule is CCOC1(C=O)CCC(C(C)(C)C)CC1. The molecule has 0 aromatic rings. The third-order valence-corrected chi connectivity index (χ3v) is 3.70. The first-order chi connectivity index (χ1) is 6.93.